The van der Waals surface area contributed by atoms with Gasteiger partial charge >= 0.3 is 0 Å². The van der Waals surface area contributed by atoms with E-state index in [-0.39, 0.29) is 11.8 Å². The van der Waals surface area contributed by atoms with Crippen molar-refractivity contribution in [1.29, 1.82) is 0 Å². The zero-order valence-electron chi connectivity index (χ0n) is 11.1. The second kappa shape index (κ2) is 5.31. The summed E-state index contributed by atoms with van der Waals surface area (Å²) in [4.78, 5) is 4.54. The van der Waals surface area contributed by atoms with Gasteiger partial charge in [0.25, 0.3) is 0 Å². The molecule has 0 aliphatic carbocycles. The summed E-state index contributed by atoms with van der Waals surface area (Å²) in [5, 5.41) is 4.25. The molecule has 1 fully saturated rings. The smallest absolute Gasteiger partial charge is 0.151 e. The van der Waals surface area contributed by atoms with Crippen molar-refractivity contribution in [2.24, 2.45) is 0 Å². The molecule has 0 bridgehead atoms. The van der Waals surface area contributed by atoms with Crippen LogP contribution in [0.25, 0.3) is 10.2 Å². The molecule has 3 rings (SSSR count). The minimum absolute atomic E-state index is 0.0570. The highest BCUT2D eigenvalue weighted by Crippen LogP contribution is 2.26. The largest absolute Gasteiger partial charge is 0.497 e. The molecule has 1 N–H and O–H groups in total. The first-order valence-electron chi connectivity index (χ1n) is 6.43. The average Bonchev–Trinajstić information content (AvgIpc) is 2.98. The number of thiazole rings is 1. The van der Waals surface area contributed by atoms with Crippen LogP contribution in [0.1, 0.15) is 11.4 Å². The summed E-state index contributed by atoms with van der Waals surface area (Å²) >= 11 is 1.61. The third-order valence-corrected chi connectivity index (χ3v) is 6.20. The molecule has 0 amide bonds. The van der Waals surface area contributed by atoms with Crippen LogP contribution in [-0.2, 0) is 16.4 Å². The fourth-order valence-electron chi connectivity index (χ4n) is 2.34. The number of methoxy groups -OCH3 is 1. The lowest BCUT2D eigenvalue weighted by molar-refractivity contribution is 0.415. The lowest BCUT2D eigenvalue weighted by Crippen LogP contribution is -2.29. The summed E-state index contributed by atoms with van der Waals surface area (Å²) in [6.45, 7) is 0.613. The molecule has 1 aliphatic heterocycles. The molecule has 1 saturated heterocycles. The van der Waals surface area contributed by atoms with Gasteiger partial charge in [-0.05, 0) is 24.6 Å². The molecule has 1 aromatic carbocycles. The Morgan fingerprint density at radius 2 is 2.35 bits per heavy atom. The van der Waals surface area contributed by atoms with Crippen LogP contribution in [-0.4, -0.2) is 38.1 Å². The molecule has 108 valence electrons. The second-order valence-electron chi connectivity index (χ2n) is 4.92. The maximum atomic E-state index is 11.4. The van der Waals surface area contributed by atoms with E-state index < -0.39 is 9.84 Å². The third kappa shape index (κ3) is 2.94. The van der Waals surface area contributed by atoms with Gasteiger partial charge in [-0.15, -0.1) is 11.3 Å². The summed E-state index contributed by atoms with van der Waals surface area (Å²) in [5.41, 5.74) is 0.951. The summed E-state index contributed by atoms with van der Waals surface area (Å²) in [7, 11) is -1.19. The molecule has 2 aromatic rings. The van der Waals surface area contributed by atoms with Crippen LogP contribution in [0.5, 0.6) is 5.75 Å². The lowest BCUT2D eigenvalue weighted by Gasteiger charge is -2.07. The predicted octanol–water partition coefficient (Wildman–Crippen LogP) is 1.58. The Labute approximate surface area is 121 Å². The van der Waals surface area contributed by atoms with Gasteiger partial charge in [0, 0.05) is 12.6 Å². The number of aromatic nitrogens is 1. The highest BCUT2D eigenvalue weighted by molar-refractivity contribution is 7.91. The van der Waals surface area contributed by atoms with Crippen molar-refractivity contribution in [3.05, 3.63) is 23.2 Å². The fourth-order valence-corrected chi connectivity index (χ4v) is 5.00. The van der Waals surface area contributed by atoms with Gasteiger partial charge in [0.05, 0.1) is 28.8 Å². The molecule has 2 heterocycles. The highest BCUT2D eigenvalue weighted by Gasteiger charge is 2.27. The maximum Gasteiger partial charge on any atom is 0.151 e. The minimum atomic E-state index is -2.83. The maximum absolute atomic E-state index is 11.4. The van der Waals surface area contributed by atoms with Crippen LogP contribution in [0.2, 0.25) is 0 Å². The number of nitrogens with one attached hydrogen (secondary N) is 1. The number of sulfone groups is 1. The summed E-state index contributed by atoms with van der Waals surface area (Å²) in [6.07, 6.45) is 0.695. The molecular formula is C13H16N2O3S2. The van der Waals surface area contributed by atoms with E-state index in [4.69, 9.17) is 4.74 Å². The molecule has 1 unspecified atom stereocenters. The highest BCUT2D eigenvalue weighted by atomic mass is 32.2. The van der Waals surface area contributed by atoms with Crippen LogP contribution in [0.4, 0.5) is 0 Å². The van der Waals surface area contributed by atoms with Crippen molar-refractivity contribution in [2.45, 2.75) is 19.0 Å². The molecule has 7 heteroatoms. The van der Waals surface area contributed by atoms with Crippen molar-refractivity contribution < 1.29 is 13.2 Å². The third-order valence-electron chi connectivity index (χ3n) is 3.41. The number of hydrogen-bond donors (Lipinski definition) is 1. The van der Waals surface area contributed by atoms with Gasteiger partial charge in [-0.3, -0.25) is 0 Å². The zero-order chi connectivity index (χ0) is 14.2. The Morgan fingerprint density at radius 1 is 1.50 bits per heavy atom. The van der Waals surface area contributed by atoms with Gasteiger partial charge in [-0.1, -0.05) is 0 Å². The van der Waals surface area contributed by atoms with Crippen LogP contribution >= 0.6 is 11.3 Å². The van der Waals surface area contributed by atoms with Gasteiger partial charge in [0.2, 0.25) is 0 Å². The Hall–Kier alpha value is -1.18. The summed E-state index contributed by atoms with van der Waals surface area (Å²) < 4.78 is 29.1. The normalized spacial score (nSPS) is 21.4. The van der Waals surface area contributed by atoms with Crippen molar-refractivity contribution >= 4 is 31.4 Å². The first kappa shape index (κ1) is 13.8. The van der Waals surface area contributed by atoms with Crippen molar-refractivity contribution in [2.75, 3.05) is 18.6 Å². The number of nitrogens with zero attached hydrogens (tertiary/aromatic N) is 1. The Kier molecular flexibility index (Phi) is 3.66. The van der Waals surface area contributed by atoms with Crippen LogP contribution < -0.4 is 10.1 Å². The van der Waals surface area contributed by atoms with Gasteiger partial charge in [-0.25, -0.2) is 13.4 Å². The van der Waals surface area contributed by atoms with Gasteiger partial charge in [0.15, 0.2) is 9.84 Å². The topological polar surface area (TPSA) is 68.3 Å². The van der Waals surface area contributed by atoms with Gasteiger partial charge < -0.3 is 10.1 Å². The molecule has 0 saturated carbocycles. The van der Waals surface area contributed by atoms with Crippen molar-refractivity contribution in [3.8, 4) is 5.75 Å². The molecule has 0 spiro atoms. The van der Waals surface area contributed by atoms with E-state index in [0.29, 0.717) is 18.7 Å². The van der Waals surface area contributed by atoms with E-state index >= 15 is 0 Å². The number of benzene rings is 1. The molecule has 5 nitrogen and oxygen atoms in total. The number of rotatable bonds is 4. The van der Waals surface area contributed by atoms with E-state index in [1.165, 1.54) is 0 Å². The average molecular weight is 312 g/mol. The molecule has 1 atom stereocenters. The Morgan fingerprint density at radius 3 is 3.05 bits per heavy atom. The SMILES string of the molecule is COc1ccc2nc(CNC3CCS(=O)(=O)C3)sc2c1. The van der Waals surface area contributed by atoms with E-state index in [9.17, 15) is 8.42 Å². The first-order chi connectivity index (χ1) is 9.55. The Balaban J connectivity index is 1.69. The van der Waals surface area contributed by atoms with Crippen LogP contribution in [0.15, 0.2) is 18.2 Å². The lowest BCUT2D eigenvalue weighted by atomic mass is 10.3. The minimum Gasteiger partial charge on any atom is -0.497 e. The zero-order valence-corrected chi connectivity index (χ0v) is 12.8. The van der Waals surface area contributed by atoms with E-state index in [1.807, 2.05) is 18.2 Å². The van der Waals surface area contributed by atoms with Crippen LogP contribution in [0.3, 0.4) is 0 Å². The Bertz CT molecular complexity index is 724. The van der Waals surface area contributed by atoms with Crippen LogP contribution in [0, 0.1) is 0 Å². The number of fused-ring (bicyclic) bond motifs is 1. The van der Waals surface area contributed by atoms with Crippen molar-refractivity contribution in [3.63, 3.8) is 0 Å². The quantitative estimate of drug-likeness (QED) is 0.928. The van der Waals surface area contributed by atoms with Gasteiger partial charge in [-0.2, -0.15) is 0 Å². The standard InChI is InChI=1S/C13H16N2O3S2/c1-18-10-2-3-11-12(6-10)19-13(15-11)7-14-9-4-5-20(16,17)8-9/h2-3,6,9,14H,4-5,7-8H2,1H3. The van der Waals surface area contributed by atoms with Crippen molar-refractivity contribution in [1.82, 2.24) is 10.3 Å². The molecule has 1 aromatic heterocycles. The second-order valence-corrected chi connectivity index (χ2v) is 8.27. The summed E-state index contributed by atoms with van der Waals surface area (Å²) in [6, 6.07) is 5.86. The van der Waals surface area contributed by atoms with E-state index in [2.05, 4.69) is 10.3 Å². The fraction of sp³-hybridized carbons (Fsp3) is 0.462. The molecule has 0 radical (unpaired) electrons. The predicted molar refractivity (Wildman–Crippen MR) is 80.1 cm³/mol. The molecule has 20 heavy (non-hydrogen) atoms. The van der Waals surface area contributed by atoms with E-state index in [1.54, 1.807) is 18.4 Å². The summed E-state index contributed by atoms with van der Waals surface area (Å²) in [5.74, 6) is 1.36. The molecule has 1 aliphatic rings. The first-order valence-corrected chi connectivity index (χ1v) is 9.07. The molecular weight excluding hydrogens is 296 g/mol. The number of hydrogen-bond acceptors (Lipinski definition) is 6. The van der Waals surface area contributed by atoms with Gasteiger partial charge in [0.1, 0.15) is 10.8 Å². The number of ether oxygens (including phenoxy) is 1. The monoisotopic (exact) mass is 312 g/mol. The van der Waals surface area contributed by atoms with E-state index in [0.717, 1.165) is 21.0 Å².